The lowest BCUT2D eigenvalue weighted by atomic mass is 9.99. The van der Waals surface area contributed by atoms with Crippen molar-refractivity contribution in [2.75, 3.05) is 6.54 Å². The summed E-state index contributed by atoms with van der Waals surface area (Å²) in [4.78, 5) is 5.65. The highest BCUT2D eigenvalue weighted by atomic mass is 35.5. The topological polar surface area (TPSA) is 88.9 Å². The van der Waals surface area contributed by atoms with E-state index in [2.05, 4.69) is 31.7 Å². The summed E-state index contributed by atoms with van der Waals surface area (Å²) in [7, 11) is 0. The van der Waals surface area contributed by atoms with Crippen molar-refractivity contribution in [2.45, 2.75) is 25.5 Å². The van der Waals surface area contributed by atoms with E-state index in [0.717, 1.165) is 79.8 Å². The molecule has 0 bridgehead atoms. The number of benzene rings is 1. The highest BCUT2D eigenvalue weighted by molar-refractivity contribution is 7.22. The van der Waals surface area contributed by atoms with Gasteiger partial charge >= 0.3 is 0 Å². The van der Waals surface area contributed by atoms with Crippen LogP contribution in [0.4, 0.5) is 0 Å². The number of nitrogens with zero attached hydrogens (tertiary/aromatic N) is 3. The van der Waals surface area contributed by atoms with Gasteiger partial charge in [-0.3, -0.25) is 10.1 Å². The second-order valence-electron chi connectivity index (χ2n) is 8.29. The number of pyridine rings is 1. The molecule has 1 unspecified atom stereocenters. The fourth-order valence-corrected chi connectivity index (χ4v) is 6.11. The molecule has 0 saturated carbocycles. The highest BCUT2D eigenvalue weighted by Crippen LogP contribution is 2.48. The van der Waals surface area contributed by atoms with Crippen LogP contribution in [0.3, 0.4) is 0 Å². The van der Waals surface area contributed by atoms with Crippen molar-refractivity contribution >= 4 is 33.2 Å². The number of nitrogens with one attached hydrogen (secondary N) is 2. The van der Waals surface area contributed by atoms with Crippen molar-refractivity contribution in [3.63, 3.8) is 0 Å². The van der Waals surface area contributed by atoms with Gasteiger partial charge in [-0.2, -0.15) is 5.10 Å². The number of aromatic amines is 1. The van der Waals surface area contributed by atoms with Crippen LogP contribution in [0.15, 0.2) is 47.2 Å². The summed E-state index contributed by atoms with van der Waals surface area (Å²) in [5.41, 5.74) is 7.07. The predicted molar refractivity (Wildman–Crippen MR) is 127 cm³/mol. The molecule has 7 nitrogen and oxygen atoms in total. The quantitative estimate of drug-likeness (QED) is 0.367. The molecule has 2 aliphatic heterocycles. The van der Waals surface area contributed by atoms with Gasteiger partial charge in [0.05, 0.1) is 20.8 Å². The van der Waals surface area contributed by atoms with Gasteiger partial charge in [0.15, 0.2) is 11.9 Å². The molecule has 0 fully saturated rings. The Bertz CT molecular complexity index is 1510. The minimum absolute atomic E-state index is 0.214. The van der Waals surface area contributed by atoms with Gasteiger partial charge in [0.25, 0.3) is 0 Å². The molecule has 0 radical (unpaired) electrons. The summed E-state index contributed by atoms with van der Waals surface area (Å²) < 4.78 is 13.4. The zero-order chi connectivity index (χ0) is 21.9. The smallest absolute Gasteiger partial charge is 0.182 e. The Kier molecular flexibility index (Phi) is 4.33. The van der Waals surface area contributed by atoms with E-state index in [0.29, 0.717) is 11.4 Å². The third-order valence-electron chi connectivity index (χ3n) is 6.28. The predicted octanol–water partition coefficient (Wildman–Crippen LogP) is 5.32. The first-order valence-electron chi connectivity index (χ1n) is 10.8. The summed E-state index contributed by atoms with van der Waals surface area (Å²) in [6.07, 6.45) is 5.01. The Morgan fingerprint density at radius 3 is 3.03 bits per heavy atom. The number of H-pyrrole nitrogens is 1. The third kappa shape index (κ3) is 3.09. The van der Waals surface area contributed by atoms with Gasteiger partial charge in [0.1, 0.15) is 11.4 Å². The lowest BCUT2D eigenvalue weighted by molar-refractivity contribution is 0.189. The number of fused-ring (bicyclic) bond motifs is 3. The fourth-order valence-electron chi connectivity index (χ4n) is 4.76. The van der Waals surface area contributed by atoms with Crippen molar-refractivity contribution in [2.24, 2.45) is 0 Å². The zero-order valence-corrected chi connectivity index (χ0v) is 19.0. The Balaban J connectivity index is 1.33. The minimum atomic E-state index is -0.214. The van der Waals surface area contributed by atoms with Gasteiger partial charge < -0.3 is 14.6 Å². The molecule has 5 aromatic rings. The van der Waals surface area contributed by atoms with E-state index in [-0.39, 0.29) is 6.10 Å². The van der Waals surface area contributed by atoms with E-state index in [9.17, 15) is 0 Å². The maximum Gasteiger partial charge on any atom is 0.182 e. The lowest BCUT2D eigenvalue weighted by Gasteiger charge is -2.15. The van der Waals surface area contributed by atoms with E-state index in [1.165, 1.54) is 0 Å². The molecule has 0 amide bonds. The normalized spacial score (nSPS) is 17.2. The minimum Gasteiger partial charge on any atom is -0.481 e. The van der Waals surface area contributed by atoms with Gasteiger partial charge in [0, 0.05) is 65.6 Å². The number of aromatic nitrogens is 4. The Hall–Kier alpha value is -3.20. The van der Waals surface area contributed by atoms with E-state index in [4.69, 9.17) is 20.9 Å². The van der Waals surface area contributed by atoms with Gasteiger partial charge in [-0.1, -0.05) is 16.8 Å². The molecular weight excluding hydrogens is 458 g/mol. The number of hydrogen-bond acceptors (Lipinski definition) is 7. The molecule has 9 heteroatoms. The molecule has 0 spiro atoms. The largest absolute Gasteiger partial charge is 0.481 e. The van der Waals surface area contributed by atoms with E-state index in [1.54, 1.807) is 11.3 Å². The number of halogens is 1. The number of hydrogen-bond donors (Lipinski definition) is 2. The van der Waals surface area contributed by atoms with Gasteiger partial charge in [-0.15, -0.1) is 11.3 Å². The number of ether oxygens (including phenoxy) is 1. The van der Waals surface area contributed by atoms with Crippen molar-refractivity contribution in [1.82, 2.24) is 25.7 Å². The van der Waals surface area contributed by atoms with E-state index >= 15 is 0 Å². The second-order valence-corrected chi connectivity index (χ2v) is 9.78. The van der Waals surface area contributed by atoms with Crippen molar-refractivity contribution in [3.05, 3.63) is 70.3 Å². The molecule has 4 aromatic heterocycles. The first-order chi connectivity index (χ1) is 16.2. The molecular formula is C24H18ClN5O2S. The van der Waals surface area contributed by atoms with Gasteiger partial charge in [-0.05, 0) is 30.3 Å². The average molecular weight is 476 g/mol. The second kappa shape index (κ2) is 7.41. The number of rotatable bonds is 3. The van der Waals surface area contributed by atoms with Crippen molar-refractivity contribution in [1.29, 1.82) is 0 Å². The van der Waals surface area contributed by atoms with Crippen LogP contribution < -0.4 is 10.1 Å². The monoisotopic (exact) mass is 475 g/mol. The SMILES string of the molecule is Clc1cc2c(c(-c3ccnc4cc(-c5cc[nH]n5)sc34)c1)OC(c1onc3c1CNCC3)C2. The molecule has 7 rings (SSSR count). The summed E-state index contributed by atoms with van der Waals surface area (Å²) >= 11 is 8.24. The Labute approximate surface area is 197 Å². The molecule has 1 atom stereocenters. The maximum atomic E-state index is 6.58. The van der Waals surface area contributed by atoms with Crippen LogP contribution in [-0.2, 0) is 19.4 Å². The lowest BCUT2D eigenvalue weighted by Crippen LogP contribution is -2.24. The molecule has 2 aliphatic rings. The fraction of sp³-hybridized carbons (Fsp3) is 0.208. The zero-order valence-electron chi connectivity index (χ0n) is 17.4. The van der Waals surface area contributed by atoms with E-state index in [1.807, 2.05) is 36.7 Å². The van der Waals surface area contributed by atoms with Gasteiger partial charge in [0.2, 0.25) is 0 Å². The van der Waals surface area contributed by atoms with Crippen LogP contribution in [0.2, 0.25) is 5.02 Å². The van der Waals surface area contributed by atoms with Crippen molar-refractivity contribution in [3.8, 4) is 27.4 Å². The summed E-state index contributed by atoms with van der Waals surface area (Å²) in [5.74, 6) is 1.66. The third-order valence-corrected chi connectivity index (χ3v) is 7.68. The molecule has 164 valence electrons. The van der Waals surface area contributed by atoms with Gasteiger partial charge in [-0.25, -0.2) is 0 Å². The average Bonchev–Trinajstić information content (AvgIpc) is 3.62. The molecule has 33 heavy (non-hydrogen) atoms. The molecule has 0 saturated heterocycles. The molecule has 6 heterocycles. The van der Waals surface area contributed by atoms with E-state index < -0.39 is 0 Å². The van der Waals surface area contributed by atoms with Crippen LogP contribution in [-0.4, -0.2) is 26.9 Å². The maximum absolute atomic E-state index is 6.58. The van der Waals surface area contributed by atoms with Crippen LogP contribution in [0, 0.1) is 0 Å². The first kappa shape index (κ1) is 19.3. The number of thiophene rings is 1. The van der Waals surface area contributed by atoms with Crippen LogP contribution in [0.1, 0.15) is 28.7 Å². The van der Waals surface area contributed by atoms with Crippen molar-refractivity contribution < 1.29 is 9.26 Å². The highest BCUT2D eigenvalue weighted by Gasteiger charge is 2.34. The Morgan fingerprint density at radius 1 is 1.15 bits per heavy atom. The summed E-state index contributed by atoms with van der Waals surface area (Å²) in [6, 6.07) is 10.0. The van der Waals surface area contributed by atoms with Crippen LogP contribution in [0.25, 0.3) is 31.9 Å². The first-order valence-corrected chi connectivity index (χ1v) is 12.0. The summed E-state index contributed by atoms with van der Waals surface area (Å²) in [5, 5.41) is 15.6. The Morgan fingerprint density at radius 2 is 2.12 bits per heavy atom. The standard InChI is InChI=1S/C24H18ClN5O2S/c25-13-7-12-8-20(23-16-11-26-4-2-17(16)30-32-23)31-22(12)15(9-13)14-1-5-27-19-10-21(33-24(14)19)18-3-6-28-29-18/h1,3,5-7,9-10,20,26H,2,4,8,11H2,(H,28,29). The molecule has 1 aromatic carbocycles. The summed E-state index contributed by atoms with van der Waals surface area (Å²) in [6.45, 7) is 1.68. The molecule has 0 aliphatic carbocycles. The molecule has 2 N–H and O–H groups in total. The van der Waals surface area contributed by atoms with Crippen LogP contribution in [0.5, 0.6) is 5.75 Å². The van der Waals surface area contributed by atoms with Crippen LogP contribution >= 0.6 is 22.9 Å².